The number of nitrogens with zero attached hydrogens (tertiary/aromatic N) is 3. The second-order valence-corrected chi connectivity index (χ2v) is 9.07. The predicted octanol–water partition coefficient (Wildman–Crippen LogP) is 3.32. The average molecular weight is 435 g/mol. The summed E-state index contributed by atoms with van der Waals surface area (Å²) in [6, 6.07) is 33.4. The summed E-state index contributed by atoms with van der Waals surface area (Å²) in [5.74, 6) is 0. The van der Waals surface area contributed by atoms with Crippen LogP contribution < -0.4 is 16.4 Å². The molecule has 0 radical (unpaired) electrons. The van der Waals surface area contributed by atoms with Gasteiger partial charge in [-0.25, -0.2) is 0 Å². The van der Waals surface area contributed by atoms with Gasteiger partial charge in [0, 0.05) is 0 Å². The molecular formula is C27H36B3N3. The Hall–Kier alpha value is -2.27. The van der Waals surface area contributed by atoms with E-state index < -0.39 is 0 Å². The Bertz CT molecular complexity index is 819. The van der Waals surface area contributed by atoms with E-state index in [0.29, 0.717) is 0 Å². The molecule has 3 aromatic carbocycles. The van der Waals surface area contributed by atoms with Gasteiger partial charge in [0.15, 0.2) is 0 Å². The minimum Gasteiger partial charge on any atom is -0.349 e. The van der Waals surface area contributed by atoms with Crippen molar-refractivity contribution in [2.45, 2.75) is 40.0 Å². The molecule has 0 aromatic heterocycles. The number of hydrogen-bond donors (Lipinski definition) is 0. The molecule has 0 aliphatic carbocycles. The molecule has 1 heterocycles. The zero-order valence-electron chi connectivity index (χ0n) is 20.5. The van der Waals surface area contributed by atoms with E-state index in [1.807, 2.05) is 0 Å². The van der Waals surface area contributed by atoms with Gasteiger partial charge in [0.2, 0.25) is 0 Å². The van der Waals surface area contributed by atoms with E-state index in [1.165, 1.54) is 16.4 Å². The summed E-state index contributed by atoms with van der Waals surface area (Å²) in [5.41, 5.74) is 4.16. The van der Waals surface area contributed by atoms with Crippen LogP contribution >= 0.6 is 0 Å². The molecule has 3 nitrogen and oxygen atoms in total. The van der Waals surface area contributed by atoms with Crippen LogP contribution in [-0.2, 0) is 0 Å². The highest BCUT2D eigenvalue weighted by Crippen LogP contribution is 2.22. The highest BCUT2D eigenvalue weighted by atomic mass is 15.3. The third kappa shape index (κ3) is 5.14. The molecular weight excluding hydrogens is 399 g/mol. The van der Waals surface area contributed by atoms with Crippen LogP contribution in [0.3, 0.4) is 0 Å². The van der Waals surface area contributed by atoms with Crippen molar-refractivity contribution in [2.75, 3.05) is 19.6 Å². The lowest BCUT2D eigenvalue weighted by Crippen LogP contribution is -2.85. The zero-order chi connectivity index (χ0) is 23.0. The molecule has 1 aliphatic heterocycles. The van der Waals surface area contributed by atoms with Gasteiger partial charge >= 0.3 is 20.9 Å². The molecule has 6 heteroatoms. The van der Waals surface area contributed by atoms with Gasteiger partial charge in [-0.05, 0) is 55.3 Å². The van der Waals surface area contributed by atoms with E-state index in [4.69, 9.17) is 0 Å². The molecule has 4 rings (SSSR count). The highest BCUT2D eigenvalue weighted by Gasteiger charge is 2.53. The van der Waals surface area contributed by atoms with Crippen LogP contribution in [0.1, 0.15) is 40.0 Å². The van der Waals surface area contributed by atoms with Crippen molar-refractivity contribution in [3.05, 3.63) is 91.0 Å². The molecule has 1 saturated heterocycles. The fourth-order valence-electron chi connectivity index (χ4n) is 5.51. The van der Waals surface area contributed by atoms with Crippen molar-refractivity contribution in [1.29, 1.82) is 0 Å². The summed E-state index contributed by atoms with van der Waals surface area (Å²) >= 11 is 0. The quantitative estimate of drug-likeness (QED) is 0.478. The molecule has 0 saturated carbocycles. The Balaban J connectivity index is 1.94. The van der Waals surface area contributed by atoms with E-state index in [0.717, 1.165) is 38.9 Å². The normalized spacial score (nSPS) is 15.9. The van der Waals surface area contributed by atoms with Crippen molar-refractivity contribution < 1.29 is 0 Å². The lowest BCUT2D eigenvalue weighted by Gasteiger charge is -2.55. The van der Waals surface area contributed by atoms with Gasteiger partial charge in [0.25, 0.3) is 0 Å². The van der Waals surface area contributed by atoms with E-state index in [1.54, 1.807) is 0 Å². The predicted molar refractivity (Wildman–Crippen MR) is 146 cm³/mol. The van der Waals surface area contributed by atoms with E-state index >= 15 is 0 Å². The Morgan fingerprint density at radius 2 is 0.667 bits per heavy atom. The van der Waals surface area contributed by atoms with Crippen molar-refractivity contribution >= 4 is 37.3 Å². The summed E-state index contributed by atoms with van der Waals surface area (Å²) in [6.45, 7) is 10.8. The van der Waals surface area contributed by atoms with Crippen LogP contribution in [0.2, 0.25) is 0 Å². The summed E-state index contributed by atoms with van der Waals surface area (Å²) < 4.78 is 8.24. The van der Waals surface area contributed by atoms with Gasteiger partial charge in [-0.3, -0.25) is 0 Å². The Morgan fingerprint density at radius 3 is 0.879 bits per heavy atom. The number of benzene rings is 3. The van der Waals surface area contributed by atoms with Crippen LogP contribution in [0.5, 0.6) is 0 Å². The highest BCUT2D eigenvalue weighted by molar-refractivity contribution is 6.98. The molecule has 0 bridgehead atoms. The maximum absolute atomic E-state index is 2.75. The largest absolute Gasteiger partial charge is 0.349 e. The van der Waals surface area contributed by atoms with Gasteiger partial charge in [-0.15, -0.1) is 0 Å². The van der Waals surface area contributed by atoms with E-state index in [2.05, 4.69) is 126 Å². The van der Waals surface area contributed by atoms with Crippen LogP contribution in [-0.4, -0.2) is 54.7 Å². The Labute approximate surface area is 202 Å². The first-order chi connectivity index (χ1) is 16.3. The fraction of sp³-hybridized carbons (Fsp3) is 0.333. The Morgan fingerprint density at radius 1 is 0.424 bits per heavy atom. The van der Waals surface area contributed by atoms with Crippen LogP contribution in [0.25, 0.3) is 0 Å². The van der Waals surface area contributed by atoms with Crippen molar-refractivity contribution in [2.24, 2.45) is 0 Å². The first-order valence-corrected chi connectivity index (χ1v) is 12.7. The Kier molecular flexibility index (Phi) is 8.49. The third-order valence-electron chi connectivity index (χ3n) is 6.62. The van der Waals surface area contributed by atoms with Crippen molar-refractivity contribution in [1.82, 2.24) is 14.2 Å². The van der Waals surface area contributed by atoms with Crippen molar-refractivity contribution in [3.63, 3.8) is 0 Å². The summed E-state index contributed by atoms with van der Waals surface area (Å²) in [5, 5.41) is 0. The lowest BCUT2D eigenvalue weighted by atomic mass is 9.37. The van der Waals surface area contributed by atoms with E-state index in [-0.39, 0.29) is 20.9 Å². The average Bonchev–Trinajstić information content (AvgIpc) is 2.86. The molecule has 0 amide bonds. The molecule has 33 heavy (non-hydrogen) atoms. The fourth-order valence-corrected chi connectivity index (χ4v) is 5.51. The van der Waals surface area contributed by atoms with Gasteiger partial charge in [0.1, 0.15) is 0 Å². The van der Waals surface area contributed by atoms with Crippen molar-refractivity contribution in [3.8, 4) is 0 Å². The third-order valence-corrected chi connectivity index (χ3v) is 6.62. The molecule has 168 valence electrons. The first-order valence-electron chi connectivity index (χ1n) is 12.7. The topological polar surface area (TPSA) is 9.72 Å². The van der Waals surface area contributed by atoms with Gasteiger partial charge in [-0.2, -0.15) is 0 Å². The first kappa shape index (κ1) is 23.9. The molecule has 0 unspecified atom stereocenters. The lowest BCUT2D eigenvalue weighted by molar-refractivity contribution is 0.442. The maximum Gasteiger partial charge on any atom is 0.326 e. The maximum atomic E-state index is 2.75. The summed E-state index contributed by atoms with van der Waals surface area (Å²) in [6.07, 6.45) is 3.38. The van der Waals surface area contributed by atoms with Gasteiger partial charge < -0.3 is 14.2 Å². The number of hydrogen-bond acceptors (Lipinski definition) is 3. The molecule has 3 aromatic rings. The second-order valence-electron chi connectivity index (χ2n) is 9.07. The molecule has 0 N–H and O–H groups in total. The molecule has 0 spiro atoms. The van der Waals surface area contributed by atoms with Gasteiger partial charge in [-0.1, -0.05) is 112 Å². The monoisotopic (exact) mass is 435 g/mol. The van der Waals surface area contributed by atoms with Crippen LogP contribution in [0.4, 0.5) is 0 Å². The molecule has 1 fully saturated rings. The SMILES string of the molecule is CCCN1B(c2ccccc2)N(CCC)B(c2ccccc2)N(CCC)B1c1ccccc1. The van der Waals surface area contributed by atoms with Gasteiger partial charge in [0.05, 0.1) is 0 Å². The van der Waals surface area contributed by atoms with Crippen LogP contribution in [0, 0.1) is 0 Å². The molecule has 0 atom stereocenters. The minimum absolute atomic E-state index is 0.231. The standard InChI is InChI=1S/C27H36B3N3/c1-4-22-31-28(25-16-10-7-11-17-25)32(23-5-2)30(27-20-14-9-15-21-27)33(24-6-3)29(31)26-18-12-8-13-19-26/h7-21H,4-6,22-24H2,1-3H3. The summed E-state index contributed by atoms with van der Waals surface area (Å²) in [7, 11) is 0. The molecule has 1 aliphatic rings. The minimum atomic E-state index is 0.231. The van der Waals surface area contributed by atoms with Crippen LogP contribution in [0.15, 0.2) is 91.0 Å². The zero-order valence-corrected chi connectivity index (χ0v) is 20.5. The summed E-state index contributed by atoms with van der Waals surface area (Å²) in [4.78, 5) is 0. The number of rotatable bonds is 9. The van der Waals surface area contributed by atoms with E-state index in [9.17, 15) is 0 Å². The smallest absolute Gasteiger partial charge is 0.326 e. The second kappa shape index (κ2) is 11.7.